The number of carbonyl (C=O) groups is 2. The highest BCUT2D eigenvalue weighted by Crippen LogP contribution is 2.32. The fraction of sp³-hybridized carbons (Fsp3) is 0.500. The minimum Gasteiger partial charge on any atom is -0.465 e. The summed E-state index contributed by atoms with van der Waals surface area (Å²) >= 11 is 3.35. The molecule has 1 fully saturated rings. The Morgan fingerprint density at radius 1 is 1.29 bits per heavy atom. The topological polar surface area (TPSA) is 43.4 Å². The van der Waals surface area contributed by atoms with E-state index in [2.05, 4.69) is 15.9 Å². The maximum Gasteiger partial charge on any atom is 0.316 e. The summed E-state index contributed by atoms with van der Waals surface area (Å²) in [7, 11) is 0. The normalized spacial score (nSPS) is 22.1. The molecule has 1 saturated heterocycles. The monoisotopic (exact) mass is 392 g/mol. The van der Waals surface area contributed by atoms with Crippen molar-refractivity contribution in [3.8, 4) is 0 Å². The van der Waals surface area contributed by atoms with E-state index in [-0.39, 0.29) is 29.5 Å². The van der Waals surface area contributed by atoms with Gasteiger partial charge in [0.1, 0.15) is 5.92 Å². The third kappa shape index (κ3) is 4.79. The van der Waals surface area contributed by atoms with Crippen molar-refractivity contribution in [2.24, 2.45) is 23.7 Å². The van der Waals surface area contributed by atoms with Gasteiger partial charge in [0, 0.05) is 17.2 Å². The minimum absolute atomic E-state index is 0.0349. The first-order valence-electron chi connectivity index (χ1n) is 8.49. The average Bonchev–Trinajstić information content (AvgIpc) is 2.92. The SMILES string of the molecule is CC(C)[C@H](C/C=C/CBr)C(=O)C1C(=O)OC[C@@H]1Cc1ccccc1. The Bertz CT molecular complexity index is 580. The van der Waals surface area contributed by atoms with Gasteiger partial charge in [0.25, 0.3) is 0 Å². The summed E-state index contributed by atoms with van der Waals surface area (Å²) in [6, 6.07) is 9.98. The van der Waals surface area contributed by atoms with E-state index in [1.807, 2.05) is 56.3 Å². The Balaban J connectivity index is 2.13. The summed E-state index contributed by atoms with van der Waals surface area (Å²) in [5, 5.41) is 0.772. The first kappa shape index (κ1) is 18.9. The molecule has 1 unspecified atom stereocenters. The van der Waals surface area contributed by atoms with Crippen molar-refractivity contribution >= 4 is 27.7 Å². The highest BCUT2D eigenvalue weighted by Gasteiger charge is 2.44. The lowest BCUT2D eigenvalue weighted by Gasteiger charge is -2.23. The van der Waals surface area contributed by atoms with Crippen molar-refractivity contribution in [2.45, 2.75) is 26.7 Å². The number of benzene rings is 1. The molecule has 2 rings (SSSR count). The largest absolute Gasteiger partial charge is 0.465 e. The van der Waals surface area contributed by atoms with E-state index in [4.69, 9.17) is 4.74 Å². The third-order valence-electron chi connectivity index (χ3n) is 4.63. The van der Waals surface area contributed by atoms with Crippen LogP contribution in [0.1, 0.15) is 25.8 Å². The molecule has 1 aromatic rings. The van der Waals surface area contributed by atoms with E-state index in [1.165, 1.54) is 0 Å². The zero-order chi connectivity index (χ0) is 17.5. The number of cyclic esters (lactones) is 1. The Hall–Kier alpha value is -1.42. The number of allylic oxidation sites excluding steroid dienone is 2. The molecule has 0 radical (unpaired) electrons. The molecule has 130 valence electrons. The second-order valence-electron chi connectivity index (χ2n) is 6.67. The Morgan fingerprint density at radius 2 is 2.00 bits per heavy atom. The molecule has 1 aliphatic heterocycles. The molecule has 0 aliphatic carbocycles. The van der Waals surface area contributed by atoms with Crippen molar-refractivity contribution < 1.29 is 14.3 Å². The Kier molecular flexibility index (Phi) is 7.22. The number of carbonyl (C=O) groups excluding carboxylic acids is 2. The van der Waals surface area contributed by atoms with Gasteiger partial charge in [0.05, 0.1) is 6.61 Å². The van der Waals surface area contributed by atoms with E-state index in [1.54, 1.807) is 0 Å². The van der Waals surface area contributed by atoms with Crippen molar-refractivity contribution in [3.63, 3.8) is 0 Å². The fourth-order valence-electron chi connectivity index (χ4n) is 3.26. The van der Waals surface area contributed by atoms with Crippen LogP contribution in [-0.4, -0.2) is 23.7 Å². The molecule has 1 aliphatic rings. The second kappa shape index (κ2) is 9.16. The molecule has 0 amide bonds. The van der Waals surface area contributed by atoms with Gasteiger partial charge in [-0.2, -0.15) is 0 Å². The van der Waals surface area contributed by atoms with Crippen molar-refractivity contribution in [3.05, 3.63) is 48.0 Å². The molecular formula is C20H25BrO3. The van der Waals surface area contributed by atoms with Crippen LogP contribution >= 0.6 is 15.9 Å². The van der Waals surface area contributed by atoms with Gasteiger partial charge in [-0.3, -0.25) is 9.59 Å². The third-order valence-corrected chi connectivity index (χ3v) is 5.00. The van der Waals surface area contributed by atoms with Gasteiger partial charge in [0.15, 0.2) is 5.78 Å². The van der Waals surface area contributed by atoms with Gasteiger partial charge < -0.3 is 4.74 Å². The van der Waals surface area contributed by atoms with Crippen LogP contribution in [0.15, 0.2) is 42.5 Å². The lowest BCUT2D eigenvalue weighted by molar-refractivity contribution is -0.146. The lowest BCUT2D eigenvalue weighted by Crippen LogP contribution is -2.34. The summed E-state index contributed by atoms with van der Waals surface area (Å²) in [4.78, 5) is 25.3. The molecule has 0 bridgehead atoms. The highest BCUT2D eigenvalue weighted by molar-refractivity contribution is 9.09. The van der Waals surface area contributed by atoms with Gasteiger partial charge in [-0.15, -0.1) is 0 Å². The summed E-state index contributed by atoms with van der Waals surface area (Å²) in [6.07, 6.45) is 5.38. The van der Waals surface area contributed by atoms with Gasteiger partial charge >= 0.3 is 5.97 Å². The van der Waals surface area contributed by atoms with Crippen LogP contribution in [0.25, 0.3) is 0 Å². The molecule has 4 heteroatoms. The van der Waals surface area contributed by atoms with E-state index < -0.39 is 5.92 Å². The highest BCUT2D eigenvalue weighted by atomic mass is 79.9. The summed E-state index contributed by atoms with van der Waals surface area (Å²) in [6.45, 7) is 4.42. The predicted molar refractivity (Wildman–Crippen MR) is 99.0 cm³/mol. The van der Waals surface area contributed by atoms with Gasteiger partial charge in [-0.1, -0.05) is 72.3 Å². The molecule has 0 spiro atoms. The van der Waals surface area contributed by atoms with E-state index in [0.29, 0.717) is 19.4 Å². The van der Waals surface area contributed by atoms with Crippen molar-refractivity contribution in [1.82, 2.24) is 0 Å². The fourth-order valence-corrected chi connectivity index (χ4v) is 3.53. The minimum atomic E-state index is -0.630. The number of rotatable bonds is 8. The number of ketones is 1. The summed E-state index contributed by atoms with van der Waals surface area (Å²) in [5.41, 5.74) is 1.14. The van der Waals surface area contributed by atoms with Crippen molar-refractivity contribution in [1.29, 1.82) is 0 Å². The molecule has 0 aromatic heterocycles. The van der Waals surface area contributed by atoms with Crippen LogP contribution in [-0.2, 0) is 20.7 Å². The molecule has 1 heterocycles. The van der Waals surface area contributed by atoms with Crippen molar-refractivity contribution in [2.75, 3.05) is 11.9 Å². The number of Topliss-reactive ketones (excluding diaryl/α,β-unsaturated/α-hetero) is 1. The van der Waals surface area contributed by atoms with Gasteiger partial charge in [-0.05, 0) is 24.3 Å². The predicted octanol–water partition coefficient (Wildman–Crippen LogP) is 4.20. The molecule has 3 nitrogen and oxygen atoms in total. The first-order chi connectivity index (χ1) is 11.5. The smallest absolute Gasteiger partial charge is 0.316 e. The van der Waals surface area contributed by atoms with Crippen LogP contribution in [0.5, 0.6) is 0 Å². The van der Waals surface area contributed by atoms with Gasteiger partial charge in [0.2, 0.25) is 0 Å². The quantitative estimate of drug-likeness (QED) is 0.288. The summed E-state index contributed by atoms with van der Waals surface area (Å²) in [5.74, 6) is -0.954. The Morgan fingerprint density at radius 3 is 2.62 bits per heavy atom. The number of hydrogen-bond donors (Lipinski definition) is 0. The maximum atomic E-state index is 13.0. The molecule has 3 atom stereocenters. The number of alkyl halides is 1. The Labute approximate surface area is 152 Å². The van der Waals surface area contributed by atoms with Gasteiger partial charge in [-0.25, -0.2) is 0 Å². The number of hydrogen-bond acceptors (Lipinski definition) is 3. The first-order valence-corrected chi connectivity index (χ1v) is 9.62. The molecule has 0 N–H and O–H groups in total. The standard InChI is InChI=1S/C20H25BrO3/c1-14(2)17(10-6-7-11-21)19(22)18-16(13-24-20(18)23)12-15-8-4-3-5-9-15/h3-9,14,16-18H,10-13H2,1-2H3/b7-6+/t16-,17-,18?/m0/s1. The van der Waals surface area contributed by atoms with E-state index >= 15 is 0 Å². The van der Waals surface area contributed by atoms with Crippen LogP contribution in [0.3, 0.4) is 0 Å². The molecule has 0 saturated carbocycles. The molecular weight excluding hydrogens is 368 g/mol. The lowest BCUT2D eigenvalue weighted by atomic mass is 9.77. The van der Waals surface area contributed by atoms with E-state index in [9.17, 15) is 9.59 Å². The average molecular weight is 393 g/mol. The van der Waals surface area contributed by atoms with E-state index in [0.717, 1.165) is 10.9 Å². The molecule has 24 heavy (non-hydrogen) atoms. The van der Waals surface area contributed by atoms with Crippen LogP contribution in [0, 0.1) is 23.7 Å². The van der Waals surface area contributed by atoms with Crippen LogP contribution in [0.4, 0.5) is 0 Å². The number of esters is 1. The van der Waals surface area contributed by atoms with Crippen LogP contribution < -0.4 is 0 Å². The second-order valence-corrected chi connectivity index (χ2v) is 7.32. The summed E-state index contributed by atoms with van der Waals surface area (Å²) < 4.78 is 5.24. The maximum absolute atomic E-state index is 13.0. The van der Waals surface area contributed by atoms with Crippen LogP contribution in [0.2, 0.25) is 0 Å². The number of halogens is 1. The molecule has 1 aromatic carbocycles. The zero-order valence-electron chi connectivity index (χ0n) is 14.3. The zero-order valence-corrected chi connectivity index (χ0v) is 15.9. The number of ether oxygens (including phenoxy) is 1.